The molecule has 0 rings (SSSR count). The van der Waals surface area contributed by atoms with Crippen molar-refractivity contribution in [3.8, 4) is 0 Å². The number of carbonyl (C=O) groups excluding carboxylic acids is 1. The first kappa shape index (κ1) is 10.5. The molecule has 2 N–H and O–H groups in total. The lowest BCUT2D eigenvalue weighted by atomic mass is 10.3. The average molecular weight is 120 g/mol. The van der Waals surface area contributed by atoms with Crippen LogP contribution in [0, 0.1) is 0 Å². The molecule has 0 aromatic heterocycles. The topological polar surface area (TPSA) is 57.5 Å². The summed E-state index contributed by atoms with van der Waals surface area (Å²) in [5, 5.41) is 16.2. The summed E-state index contributed by atoms with van der Waals surface area (Å²) in [5.41, 5.74) is 0. The first-order chi connectivity index (χ1) is 3.77. The van der Waals surface area contributed by atoms with Crippen molar-refractivity contribution in [3.63, 3.8) is 0 Å². The summed E-state index contributed by atoms with van der Waals surface area (Å²) in [6.45, 7) is 3.90. The summed E-state index contributed by atoms with van der Waals surface area (Å²) in [7, 11) is 0. The normalized spacial score (nSPS) is 8.00. The summed E-state index contributed by atoms with van der Waals surface area (Å²) in [6, 6.07) is 0. The molecule has 0 atom stereocenters. The van der Waals surface area contributed by atoms with E-state index in [2.05, 4.69) is 0 Å². The average Bonchev–Trinajstić information content (AvgIpc) is 1.72. The minimum atomic E-state index is -1.10. The van der Waals surface area contributed by atoms with Gasteiger partial charge < -0.3 is 15.0 Å². The third-order valence-corrected chi connectivity index (χ3v) is 0.547. The van der Waals surface area contributed by atoms with Crippen LogP contribution in [0.1, 0.15) is 19.8 Å². The number of rotatable bonds is 2. The molecule has 0 unspecified atom stereocenters. The van der Waals surface area contributed by atoms with E-state index in [0.29, 0.717) is 6.42 Å². The minimum Gasteiger partial charge on any atom is -0.368 e. The highest BCUT2D eigenvalue weighted by Crippen LogP contribution is 1.88. The number of hydrogen-bond acceptors (Lipinski definition) is 3. The molecule has 0 aliphatic carbocycles. The van der Waals surface area contributed by atoms with Gasteiger partial charge in [0.05, 0.1) is 0 Å². The third kappa shape index (κ3) is 17.6. The Balaban J connectivity index is 0. The molecule has 0 bridgehead atoms. The lowest BCUT2D eigenvalue weighted by Gasteiger charge is -1.94. The fraction of sp³-hybridized carbons (Fsp3) is 0.800. The molecule has 3 nitrogen and oxygen atoms in total. The fourth-order valence-corrected chi connectivity index (χ4v) is 0.258. The van der Waals surface area contributed by atoms with Gasteiger partial charge in [-0.05, 0) is 6.42 Å². The molecule has 0 amide bonds. The number of hydrogen-bond donors (Lipinski definition) is 2. The Bertz CT molecular complexity index is 36.7. The maximum Gasteiger partial charge on any atom is 0.151 e. The zero-order valence-electron chi connectivity index (χ0n) is 5.00. The zero-order chi connectivity index (χ0) is 6.99. The van der Waals surface area contributed by atoms with Crippen LogP contribution in [0.15, 0.2) is 0 Å². The van der Waals surface area contributed by atoms with Crippen molar-refractivity contribution in [1.29, 1.82) is 0 Å². The molecule has 3 heteroatoms. The van der Waals surface area contributed by atoms with Gasteiger partial charge in [-0.15, -0.1) is 0 Å². The van der Waals surface area contributed by atoms with Gasteiger partial charge in [0, 0.05) is 0 Å². The van der Waals surface area contributed by atoms with Crippen LogP contribution in [0.2, 0.25) is 0 Å². The monoisotopic (exact) mass is 120 g/mol. The Kier molecular flexibility index (Phi) is 12.9. The van der Waals surface area contributed by atoms with Gasteiger partial charge in [-0.25, -0.2) is 0 Å². The van der Waals surface area contributed by atoms with Crippen molar-refractivity contribution in [2.75, 3.05) is 0 Å². The van der Waals surface area contributed by atoms with Gasteiger partial charge in [0.2, 0.25) is 0 Å². The van der Waals surface area contributed by atoms with E-state index in [-0.39, 0.29) is 0 Å². The van der Waals surface area contributed by atoms with E-state index >= 15 is 0 Å². The largest absolute Gasteiger partial charge is 0.368 e. The fourth-order valence-electron chi connectivity index (χ4n) is 0.258. The van der Waals surface area contributed by atoms with Crippen LogP contribution >= 0.6 is 0 Å². The predicted octanol–water partition coefficient (Wildman–Crippen LogP) is -0.0877. The van der Waals surface area contributed by atoms with E-state index in [1.807, 2.05) is 13.7 Å². The van der Waals surface area contributed by atoms with Gasteiger partial charge >= 0.3 is 0 Å². The highest BCUT2D eigenvalue weighted by Gasteiger charge is 1.89. The highest BCUT2D eigenvalue weighted by molar-refractivity contribution is 5.10. The maximum absolute atomic E-state index is 8.11. The molecule has 0 aliphatic rings. The highest BCUT2D eigenvalue weighted by atomic mass is 16.5. The molecule has 0 saturated carbocycles. The van der Waals surface area contributed by atoms with Crippen LogP contribution in [0.4, 0.5) is 0 Å². The smallest absolute Gasteiger partial charge is 0.151 e. The first-order valence-electron chi connectivity index (χ1n) is 2.42. The van der Waals surface area contributed by atoms with Crippen LogP contribution < -0.4 is 0 Å². The van der Waals surface area contributed by atoms with Crippen molar-refractivity contribution in [2.24, 2.45) is 0 Å². The van der Waals surface area contributed by atoms with Crippen LogP contribution in [0.25, 0.3) is 0 Å². The molecule has 0 radical (unpaired) electrons. The first-order valence-corrected chi connectivity index (χ1v) is 2.42. The van der Waals surface area contributed by atoms with Crippen molar-refractivity contribution >= 4 is 6.79 Å². The Morgan fingerprint density at radius 2 is 1.88 bits per heavy atom. The number of carbonyl (C=O) groups is 1. The minimum absolute atomic E-state index is 0.486. The second kappa shape index (κ2) is 9.77. The van der Waals surface area contributed by atoms with E-state index in [4.69, 9.17) is 15.0 Å². The van der Waals surface area contributed by atoms with Crippen LogP contribution in [0.5, 0.6) is 0 Å². The second-order valence-electron chi connectivity index (χ2n) is 1.27. The van der Waals surface area contributed by atoms with Crippen molar-refractivity contribution in [2.45, 2.75) is 26.1 Å². The molecule has 0 heterocycles. The lowest BCUT2D eigenvalue weighted by Crippen LogP contribution is -2.01. The van der Waals surface area contributed by atoms with Crippen LogP contribution in [0.3, 0.4) is 0 Å². The predicted molar refractivity (Wildman–Crippen MR) is 30.3 cm³/mol. The summed E-state index contributed by atoms with van der Waals surface area (Å²) in [5.74, 6) is 0. The van der Waals surface area contributed by atoms with Gasteiger partial charge in [-0.2, -0.15) is 0 Å². The van der Waals surface area contributed by atoms with E-state index in [1.54, 1.807) is 0 Å². The molecule has 0 spiro atoms. The number of aliphatic hydroxyl groups excluding tert-OH is 1. The Morgan fingerprint density at radius 3 is 1.88 bits per heavy atom. The van der Waals surface area contributed by atoms with Crippen LogP contribution in [-0.4, -0.2) is 23.3 Å². The quantitative estimate of drug-likeness (QED) is 0.501. The van der Waals surface area contributed by atoms with E-state index in [0.717, 1.165) is 6.42 Å². The van der Waals surface area contributed by atoms with Crippen LogP contribution in [-0.2, 0) is 4.79 Å². The van der Waals surface area contributed by atoms with E-state index in [9.17, 15) is 0 Å². The van der Waals surface area contributed by atoms with Crippen molar-refractivity contribution in [3.05, 3.63) is 0 Å². The van der Waals surface area contributed by atoms with Gasteiger partial charge in [-0.1, -0.05) is 13.3 Å². The van der Waals surface area contributed by atoms with E-state index in [1.165, 1.54) is 0 Å². The SMILES string of the molecule is C=O.CCCC(O)O. The van der Waals surface area contributed by atoms with Gasteiger partial charge in [0.25, 0.3) is 0 Å². The Morgan fingerprint density at radius 1 is 1.50 bits per heavy atom. The molecule has 0 aromatic rings. The van der Waals surface area contributed by atoms with E-state index < -0.39 is 6.29 Å². The molecule has 0 aliphatic heterocycles. The molecular weight excluding hydrogens is 108 g/mol. The summed E-state index contributed by atoms with van der Waals surface area (Å²) in [4.78, 5) is 8.00. The summed E-state index contributed by atoms with van der Waals surface area (Å²) < 4.78 is 0. The molecular formula is C5H12O3. The molecule has 0 aromatic carbocycles. The standard InChI is InChI=1S/C4H10O2.CH2O/c1-2-3-4(5)6;1-2/h4-6H,2-3H2,1H3;1H2. The lowest BCUT2D eigenvalue weighted by molar-refractivity contribution is -0.0980. The summed E-state index contributed by atoms with van der Waals surface area (Å²) in [6.07, 6.45) is 0.215. The molecule has 50 valence electrons. The molecule has 0 saturated heterocycles. The molecule has 0 fully saturated rings. The Hall–Kier alpha value is -0.410. The van der Waals surface area contributed by atoms with Gasteiger partial charge in [0.15, 0.2) is 6.29 Å². The van der Waals surface area contributed by atoms with Crippen molar-refractivity contribution < 1.29 is 15.0 Å². The zero-order valence-corrected chi connectivity index (χ0v) is 5.00. The van der Waals surface area contributed by atoms with Crippen molar-refractivity contribution in [1.82, 2.24) is 0 Å². The van der Waals surface area contributed by atoms with Gasteiger partial charge in [0.1, 0.15) is 6.79 Å². The second-order valence-corrected chi connectivity index (χ2v) is 1.27. The third-order valence-electron chi connectivity index (χ3n) is 0.547. The molecule has 8 heavy (non-hydrogen) atoms. The Labute approximate surface area is 49.0 Å². The van der Waals surface area contributed by atoms with Gasteiger partial charge in [-0.3, -0.25) is 0 Å². The number of aliphatic hydroxyl groups is 2. The summed E-state index contributed by atoms with van der Waals surface area (Å²) >= 11 is 0. The maximum atomic E-state index is 8.11.